The van der Waals surface area contributed by atoms with Gasteiger partial charge in [0.2, 0.25) is 5.91 Å². The second-order valence-electron chi connectivity index (χ2n) is 6.33. The van der Waals surface area contributed by atoms with E-state index in [2.05, 4.69) is 15.0 Å². The van der Waals surface area contributed by atoms with Crippen LogP contribution in [0, 0.1) is 16.7 Å². The third-order valence-electron chi connectivity index (χ3n) is 3.59. The molecule has 1 aromatic heterocycles. The second kappa shape index (κ2) is 7.09. The Morgan fingerprint density at radius 2 is 2.00 bits per heavy atom. The van der Waals surface area contributed by atoms with Gasteiger partial charge in [0.15, 0.2) is 5.82 Å². The lowest BCUT2D eigenvalue weighted by Gasteiger charge is -2.22. The molecule has 1 heterocycles. The fraction of sp³-hybridized carbons (Fsp3) is 0.333. The number of carbonyl (C=O) groups excluding carboxylic acids is 2. The van der Waals surface area contributed by atoms with Gasteiger partial charge in [-0.2, -0.15) is 5.26 Å². The summed E-state index contributed by atoms with van der Waals surface area (Å²) in [6.07, 6.45) is 0.245. The predicted octanol–water partition coefficient (Wildman–Crippen LogP) is 3.02. The molecule has 0 bridgehead atoms. The lowest BCUT2D eigenvalue weighted by Crippen LogP contribution is -2.26. The number of anilines is 1. The summed E-state index contributed by atoms with van der Waals surface area (Å²) < 4.78 is 4.64. The van der Waals surface area contributed by atoms with Gasteiger partial charge >= 0.3 is 5.97 Å². The van der Waals surface area contributed by atoms with Gasteiger partial charge in [-0.25, -0.2) is 4.98 Å². The molecule has 1 N–H and O–H groups in total. The molecule has 1 amide bonds. The Balaban J connectivity index is 2.18. The summed E-state index contributed by atoms with van der Waals surface area (Å²) in [4.78, 5) is 28.0. The first kappa shape index (κ1) is 17.4. The molecule has 0 aliphatic carbocycles. The van der Waals surface area contributed by atoms with Crippen molar-refractivity contribution in [3.05, 3.63) is 35.9 Å². The van der Waals surface area contributed by atoms with Crippen molar-refractivity contribution in [3.63, 3.8) is 0 Å². The number of esters is 1. The highest BCUT2D eigenvalue weighted by molar-refractivity contribution is 5.94. The number of amides is 1. The molecule has 124 valence electrons. The molecule has 0 saturated carbocycles. The highest BCUT2D eigenvalue weighted by atomic mass is 16.5. The maximum atomic E-state index is 12.3. The number of hydrogen-bond acceptors (Lipinski definition) is 5. The Kier molecular flexibility index (Phi) is 5.14. The van der Waals surface area contributed by atoms with Gasteiger partial charge in [-0.15, -0.1) is 0 Å². The zero-order valence-corrected chi connectivity index (χ0v) is 13.9. The topological polar surface area (TPSA) is 92.1 Å². The molecule has 0 saturated heterocycles. The summed E-state index contributed by atoms with van der Waals surface area (Å²) in [7, 11) is 1.32. The molecule has 6 heteroatoms. The summed E-state index contributed by atoms with van der Waals surface area (Å²) in [5, 5.41) is 12.8. The Bertz CT molecular complexity index is 822. The normalized spacial score (nSPS) is 10.9. The van der Waals surface area contributed by atoms with Crippen LogP contribution < -0.4 is 5.32 Å². The molecule has 0 spiro atoms. The van der Waals surface area contributed by atoms with E-state index in [9.17, 15) is 14.9 Å². The average Bonchev–Trinajstić information content (AvgIpc) is 2.52. The van der Waals surface area contributed by atoms with Crippen molar-refractivity contribution in [2.24, 2.45) is 5.41 Å². The quantitative estimate of drug-likeness (QED) is 0.853. The maximum Gasteiger partial charge on any atom is 0.306 e. The fourth-order valence-corrected chi connectivity index (χ4v) is 2.43. The number of carbonyl (C=O) groups is 2. The first-order valence-electron chi connectivity index (χ1n) is 7.51. The van der Waals surface area contributed by atoms with Crippen LogP contribution in [0.15, 0.2) is 30.3 Å². The van der Waals surface area contributed by atoms with Gasteiger partial charge in [0.1, 0.15) is 6.07 Å². The largest absolute Gasteiger partial charge is 0.469 e. The Hall–Kier alpha value is -2.94. The van der Waals surface area contributed by atoms with E-state index in [-0.39, 0.29) is 30.5 Å². The Morgan fingerprint density at radius 1 is 1.29 bits per heavy atom. The van der Waals surface area contributed by atoms with Gasteiger partial charge in [0, 0.05) is 11.8 Å². The zero-order chi connectivity index (χ0) is 17.7. The lowest BCUT2D eigenvalue weighted by molar-refractivity contribution is -0.143. The number of hydrogen-bond donors (Lipinski definition) is 1. The first-order chi connectivity index (χ1) is 11.3. The van der Waals surface area contributed by atoms with Crippen molar-refractivity contribution < 1.29 is 14.3 Å². The van der Waals surface area contributed by atoms with Gasteiger partial charge in [0.05, 0.1) is 24.6 Å². The van der Waals surface area contributed by atoms with Crippen LogP contribution >= 0.6 is 0 Å². The van der Waals surface area contributed by atoms with Gasteiger partial charge in [-0.05, 0) is 17.5 Å². The van der Waals surface area contributed by atoms with E-state index in [4.69, 9.17) is 0 Å². The molecular weight excluding hydrogens is 306 g/mol. The number of para-hydroxylation sites is 1. The van der Waals surface area contributed by atoms with Crippen LogP contribution in [0.4, 0.5) is 5.82 Å². The molecular formula is C18H19N3O3. The molecule has 0 atom stereocenters. The number of nitrogens with one attached hydrogen (secondary N) is 1. The molecule has 0 aliphatic heterocycles. The highest BCUT2D eigenvalue weighted by Crippen LogP contribution is 2.27. The van der Waals surface area contributed by atoms with E-state index < -0.39 is 5.41 Å². The molecule has 6 nitrogen and oxygen atoms in total. The highest BCUT2D eigenvalue weighted by Gasteiger charge is 2.26. The first-order valence-corrected chi connectivity index (χ1v) is 7.51. The molecule has 0 aliphatic rings. The monoisotopic (exact) mass is 325 g/mol. The maximum absolute atomic E-state index is 12.3. The van der Waals surface area contributed by atoms with Gasteiger partial charge in [-0.1, -0.05) is 32.0 Å². The fourth-order valence-electron chi connectivity index (χ4n) is 2.43. The molecule has 2 rings (SSSR count). The minimum Gasteiger partial charge on any atom is -0.469 e. The molecule has 0 radical (unpaired) electrons. The number of fused-ring (bicyclic) bond motifs is 1. The third-order valence-corrected chi connectivity index (χ3v) is 3.59. The van der Waals surface area contributed by atoms with Crippen LogP contribution in [0.5, 0.6) is 0 Å². The van der Waals surface area contributed by atoms with Gasteiger partial charge in [-0.3, -0.25) is 9.59 Å². The zero-order valence-electron chi connectivity index (χ0n) is 13.9. The molecule has 0 unspecified atom stereocenters. The van der Waals surface area contributed by atoms with Crippen LogP contribution in [0.2, 0.25) is 0 Å². The number of benzene rings is 1. The number of pyridine rings is 1. The molecule has 1 aromatic carbocycles. The minimum absolute atomic E-state index is 0.113. The number of aromatic nitrogens is 1. The van der Waals surface area contributed by atoms with E-state index in [1.54, 1.807) is 6.07 Å². The SMILES string of the molecule is COC(=O)CC(C)(C)CC(=O)Nc1nc2ccccc2cc1C#N. The Labute approximate surface area is 140 Å². The van der Waals surface area contributed by atoms with E-state index in [0.717, 1.165) is 5.39 Å². The van der Waals surface area contributed by atoms with Crippen molar-refractivity contribution >= 4 is 28.6 Å². The summed E-state index contributed by atoms with van der Waals surface area (Å²) >= 11 is 0. The van der Waals surface area contributed by atoms with Crippen molar-refractivity contribution in [1.82, 2.24) is 4.98 Å². The van der Waals surface area contributed by atoms with Gasteiger partial charge < -0.3 is 10.1 Å². The summed E-state index contributed by atoms with van der Waals surface area (Å²) in [5.41, 5.74) is 0.439. The molecule has 24 heavy (non-hydrogen) atoms. The smallest absolute Gasteiger partial charge is 0.306 e. The van der Waals surface area contributed by atoms with Crippen molar-refractivity contribution in [2.75, 3.05) is 12.4 Å². The van der Waals surface area contributed by atoms with E-state index in [0.29, 0.717) is 11.1 Å². The van der Waals surface area contributed by atoms with Crippen LogP contribution in [0.25, 0.3) is 10.9 Å². The predicted molar refractivity (Wildman–Crippen MR) is 90.1 cm³/mol. The summed E-state index contributed by atoms with van der Waals surface area (Å²) in [6.45, 7) is 3.62. The van der Waals surface area contributed by atoms with E-state index >= 15 is 0 Å². The second-order valence-corrected chi connectivity index (χ2v) is 6.33. The van der Waals surface area contributed by atoms with Crippen molar-refractivity contribution in [2.45, 2.75) is 26.7 Å². The molecule has 0 fully saturated rings. The number of methoxy groups -OCH3 is 1. The van der Waals surface area contributed by atoms with Crippen LogP contribution in [0.3, 0.4) is 0 Å². The lowest BCUT2D eigenvalue weighted by atomic mass is 9.85. The van der Waals surface area contributed by atoms with Gasteiger partial charge in [0.25, 0.3) is 0 Å². The summed E-state index contributed by atoms with van der Waals surface area (Å²) in [6, 6.07) is 11.1. The number of ether oxygens (including phenoxy) is 1. The van der Waals surface area contributed by atoms with Crippen LogP contribution in [-0.4, -0.2) is 24.0 Å². The minimum atomic E-state index is -0.555. The van der Waals surface area contributed by atoms with Crippen LogP contribution in [-0.2, 0) is 14.3 Å². The van der Waals surface area contributed by atoms with Crippen molar-refractivity contribution in [3.8, 4) is 6.07 Å². The van der Waals surface area contributed by atoms with E-state index in [1.807, 2.05) is 44.2 Å². The average molecular weight is 325 g/mol. The standard InChI is InChI=1S/C18H19N3O3/c1-18(2,10-16(23)24-3)9-15(22)21-17-13(11-19)8-12-6-4-5-7-14(12)20-17/h4-8H,9-10H2,1-3H3,(H,20,21,22). The number of rotatable bonds is 5. The van der Waals surface area contributed by atoms with Crippen LogP contribution in [0.1, 0.15) is 32.3 Å². The number of nitrogens with zero attached hydrogens (tertiary/aromatic N) is 2. The van der Waals surface area contributed by atoms with E-state index in [1.165, 1.54) is 7.11 Å². The number of nitriles is 1. The third kappa shape index (κ3) is 4.29. The molecule has 2 aromatic rings. The van der Waals surface area contributed by atoms with Crippen molar-refractivity contribution in [1.29, 1.82) is 5.26 Å². The Morgan fingerprint density at radius 3 is 2.67 bits per heavy atom. The summed E-state index contributed by atoms with van der Waals surface area (Å²) in [5.74, 6) is -0.437.